The molecule has 0 amide bonds. The van der Waals surface area contributed by atoms with Gasteiger partial charge in [-0.1, -0.05) is 6.92 Å². The molecule has 0 aliphatic heterocycles. The van der Waals surface area contributed by atoms with Gasteiger partial charge in [0.1, 0.15) is 9.88 Å². The van der Waals surface area contributed by atoms with Crippen molar-refractivity contribution in [1.29, 1.82) is 0 Å². The number of nitrogens with zero attached hydrogens (tertiary/aromatic N) is 1. The molecule has 0 atom stereocenters. The minimum absolute atomic E-state index is 0.139. The fourth-order valence-electron chi connectivity index (χ4n) is 1.06. The number of carboxylic acids is 1. The summed E-state index contributed by atoms with van der Waals surface area (Å²) >= 11 is 1.13. The van der Waals surface area contributed by atoms with E-state index in [0.717, 1.165) is 17.9 Å². The number of aromatic carboxylic acids is 1. The SMILES string of the molecule is CCNCc1nc(C(=O)O)c(C(C)=O)s1. The van der Waals surface area contributed by atoms with Crippen LogP contribution in [0.25, 0.3) is 0 Å². The Kier molecular flexibility index (Phi) is 3.93. The molecule has 0 saturated heterocycles. The van der Waals surface area contributed by atoms with Crippen molar-refractivity contribution in [1.82, 2.24) is 10.3 Å². The van der Waals surface area contributed by atoms with E-state index in [1.807, 2.05) is 6.92 Å². The van der Waals surface area contributed by atoms with Gasteiger partial charge >= 0.3 is 5.97 Å². The molecule has 1 aromatic heterocycles. The first-order valence-corrected chi connectivity index (χ1v) is 5.32. The Morgan fingerprint density at radius 2 is 2.20 bits per heavy atom. The number of hydrogen-bond donors (Lipinski definition) is 2. The number of carbonyl (C=O) groups excluding carboxylic acids is 1. The van der Waals surface area contributed by atoms with Crippen molar-refractivity contribution in [2.24, 2.45) is 0 Å². The first-order chi connectivity index (χ1) is 7.06. The van der Waals surface area contributed by atoms with Gasteiger partial charge in [0.15, 0.2) is 11.5 Å². The minimum Gasteiger partial charge on any atom is -0.476 e. The number of thiazole rings is 1. The molecule has 0 fully saturated rings. The number of Topliss-reactive ketones (excluding diaryl/α,β-unsaturated/α-hetero) is 1. The average Bonchev–Trinajstić information content (AvgIpc) is 2.58. The maximum absolute atomic E-state index is 11.1. The van der Waals surface area contributed by atoms with Gasteiger partial charge in [-0.2, -0.15) is 0 Å². The zero-order valence-corrected chi connectivity index (χ0v) is 9.35. The first kappa shape index (κ1) is 11.8. The monoisotopic (exact) mass is 228 g/mol. The van der Waals surface area contributed by atoms with Gasteiger partial charge < -0.3 is 10.4 Å². The van der Waals surface area contributed by atoms with Crippen molar-refractivity contribution in [3.63, 3.8) is 0 Å². The molecular weight excluding hydrogens is 216 g/mol. The van der Waals surface area contributed by atoms with E-state index in [1.54, 1.807) is 0 Å². The summed E-state index contributed by atoms with van der Waals surface area (Å²) in [5.41, 5.74) is -0.139. The Morgan fingerprint density at radius 3 is 2.60 bits per heavy atom. The summed E-state index contributed by atoms with van der Waals surface area (Å²) in [7, 11) is 0. The Morgan fingerprint density at radius 1 is 1.53 bits per heavy atom. The van der Waals surface area contributed by atoms with Crippen LogP contribution in [0.5, 0.6) is 0 Å². The highest BCUT2D eigenvalue weighted by Crippen LogP contribution is 2.19. The van der Waals surface area contributed by atoms with Crippen molar-refractivity contribution in [2.45, 2.75) is 20.4 Å². The van der Waals surface area contributed by atoms with Crippen LogP contribution < -0.4 is 5.32 Å². The number of carbonyl (C=O) groups is 2. The zero-order valence-electron chi connectivity index (χ0n) is 8.53. The molecule has 0 aliphatic carbocycles. The third-order valence-electron chi connectivity index (χ3n) is 1.72. The number of rotatable bonds is 5. The summed E-state index contributed by atoms with van der Waals surface area (Å²) in [6.45, 7) is 4.56. The van der Waals surface area contributed by atoms with Crippen LogP contribution in [-0.2, 0) is 6.54 Å². The van der Waals surface area contributed by atoms with Crippen molar-refractivity contribution >= 4 is 23.1 Å². The largest absolute Gasteiger partial charge is 0.476 e. The Bertz CT molecular complexity index is 355. The van der Waals surface area contributed by atoms with Crippen LogP contribution in [0.4, 0.5) is 0 Å². The molecule has 0 bridgehead atoms. The molecular formula is C9H12N2O3S. The standard InChI is InChI=1S/C9H12N2O3S/c1-3-10-4-6-11-7(9(13)14)8(15-6)5(2)12/h10H,3-4H2,1-2H3,(H,13,14). The number of carboxylic acid groups (broad SMARTS) is 1. The van der Waals surface area contributed by atoms with Crippen LogP contribution in [0.3, 0.4) is 0 Å². The van der Waals surface area contributed by atoms with E-state index in [4.69, 9.17) is 5.11 Å². The molecule has 82 valence electrons. The fourth-order valence-corrected chi connectivity index (χ4v) is 1.98. The summed E-state index contributed by atoms with van der Waals surface area (Å²) in [6.07, 6.45) is 0. The van der Waals surface area contributed by atoms with Crippen molar-refractivity contribution in [3.8, 4) is 0 Å². The van der Waals surface area contributed by atoms with Gasteiger partial charge in [0.2, 0.25) is 0 Å². The normalized spacial score (nSPS) is 10.3. The fraction of sp³-hybridized carbons (Fsp3) is 0.444. The first-order valence-electron chi connectivity index (χ1n) is 4.51. The summed E-state index contributed by atoms with van der Waals surface area (Å²) < 4.78 is 0. The number of nitrogens with one attached hydrogen (secondary N) is 1. The van der Waals surface area contributed by atoms with E-state index in [1.165, 1.54) is 6.92 Å². The van der Waals surface area contributed by atoms with Crippen LogP contribution >= 0.6 is 11.3 Å². The summed E-state index contributed by atoms with van der Waals surface area (Å²) in [4.78, 5) is 26.1. The molecule has 1 rings (SSSR count). The van der Waals surface area contributed by atoms with Gasteiger partial charge in [0.05, 0.1) is 0 Å². The van der Waals surface area contributed by atoms with Crippen molar-refractivity contribution < 1.29 is 14.7 Å². The van der Waals surface area contributed by atoms with Gasteiger partial charge in [0.25, 0.3) is 0 Å². The van der Waals surface area contributed by atoms with Crippen LogP contribution in [0.1, 0.15) is 39.0 Å². The molecule has 0 unspecified atom stereocenters. The van der Waals surface area contributed by atoms with Crippen LogP contribution in [0.2, 0.25) is 0 Å². The highest BCUT2D eigenvalue weighted by molar-refractivity contribution is 7.14. The summed E-state index contributed by atoms with van der Waals surface area (Å²) in [5.74, 6) is -1.41. The lowest BCUT2D eigenvalue weighted by Crippen LogP contribution is -2.11. The average molecular weight is 228 g/mol. The third kappa shape index (κ3) is 2.84. The lowest BCUT2D eigenvalue weighted by Gasteiger charge is -1.94. The summed E-state index contributed by atoms with van der Waals surface area (Å²) in [6, 6.07) is 0. The van der Waals surface area contributed by atoms with Crippen molar-refractivity contribution in [3.05, 3.63) is 15.6 Å². The predicted octanol–water partition coefficient (Wildman–Crippen LogP) is 1.15. The molecule has 0 aromatic carbocycles. The highest BCUT2D eigenvalue weighted by atomic mass is 32.1. The van der Waals surface area contributed by atoms with E-state index in [0.29, 0.717) is 11.6 Å². The highest BCUT2D eigenvalue weighted by Gasteiger charge is 2.19. The molecule has 6 heteroatoms. The lowest BCUT2D eigenvalue weighted by molar-refractivity contribution is 0.0687. The lowest BCUT2D eigenvalue weighted by atomic mass is 10.3. The molecule has 5 nitrogen and oxygen atoms in total. The second kappa shape index (κ2) is 4.99. The molecule has 0 aliphatic rings. The molecule has 1 heterocycles. The Balaban J connectivity index is 2.98. The maximum atomic E-state index is 11.1. The zero-order chi connectivity index (χ0) is 11.4. The van der Waals surface area contributed by atoms with E-state index < -0.39 is 5.97 Å². The molecule has 1 aromatic rings. The van der Waals surface area contributed by atoms with E-state index in [9.17, 15) is 9.59 Å². The van der Waals surface area contributed by atoms with Gasteiger partial charge in [-0.3, -0.25) is 4.79 Å². The van der Waals surface area contributed by atoms with Crippen LogP contribution in [-0.4, -0.2) is 28.4 Å². The Labute approximate surface area is 91.1 Å². The van der Waals surface area contributed by atoms with Gasteiger partial charge in [-0.15, -0.1) is 11.3 Å². The van der Waals surface area contributed by atoms with E-state index in [-0.39, 0.29) is 16.4 Å². The van der Waals surface area contributed by atoms with E-state index in [2.05, 4.69) is 10.3 Å². The molecule has 15 heavy (non-hydrogen) atoms. The second-order valence-electron chi connectivity index (χ2n) is 2.93. The molecule has 0 saturated carbocycles. The topological polar surface area (TPSA) is 79.3 Å². The van der Waals surface area contributed by atoms with Gasteiger partial charge in [-0.05, 0) is 6.54 Å². The van der Waals surface area contributed by atoms with Gasteiger partial charge in [-0.25, -0.2) is 9.78 Å². The molecule has 0 radical (unpaired) electrons. The summed E-state index contributed by atoms with van der Waals surface area (Å²) in [5, 5.41) is 12.5. The quantitative estimate of drug-likeness (QED) is 0.739. The van der Waals surface area contributed by atoms with Crippen LogP contribution in [0.15, 0.2) is 0 Å². The smallest absolute Gasteiger partial charge is 0.356 e. The number of aromatic nitrogens is 1. The van der Waals surface area contributed by atoms with E-state index >= 15 is 0 Å². The van der Waals surface area contributed by atoms with Gasteiger partial charge in [0, 0.05) is 13.5 Å². The Hall–Kier alpha value is -1.27. The molecule has 0 spiro atoms. The third-order valence-corrected chi connectivity index (χ3v) is 2.88. The second-order valence-corrected chi connectivity index (χ2v) is 4.01. The van der Waals surface area contributed by atoms with Crippen molar-refractivity contribution in [2.75, 3.05) is 6.54 Å². The van der Waals surface area contributed by atoms with Crippen LogP contribution in [0, 0.1) is 0 Å². The number of hydrogen-bond acceptors (Lipinski definition) is 5. The molecule has 2 N–H and O–H groups in total. The maximum Gasteiger partial charge on any atom is 0.356 e. The predicted molar refractivity (Wildman–Crippen MR) is 56.5 cm³/mol. The minimum atomic E-state index is -1.15. The number of ketones is 1.